The highest BCUT2D eigenvalue weighted by molar-refractivity contribution is 7.07. The summed E-state index contributed by atoms with van der Waals surface area (Å²) >= 11 is 1.69. The predicted octanol–water partition coefficient (Wildman–Crippen LogP) is 1.92. The number of carbonyl (C=O) groups excluding carboxylic acids is 1. The lowest BCUT2D eigenvalue weighted by Gasteiger charge is -2.37. The van der Waals surface area contributed by atoms with Crippen molar-refractivity contribution in [3.63, 3.8) is 0 Å². The van der Waals surface area contributed by atoms with Crippen LogP contribution in [-0.2, 0) is 9.53 Å². The van der Waals surface area contributed by atoms with Crippen molar-refractivity contribution in [2.24, 2.45) is 5.73 Å². The number of nitrogens with two attached hydrogens (primary N) is 1. The first kappa shape index (κ1) is 13.1. The summed E-state index contributed by atoms with van der Waals surface area (Å²) in [5.41, 5.74) is 6.87. The molecule has 4 nitrogen and oxygen atoms in total. The van der Waals surface area contributed by atoms with Crippen LogP contribution in [0.1, 0.15) is 37.3 Å². The minimum absolute atomic E-state index is 0.115. The second-order valence-electron chi connectivity index (χ2n) is 5.48. The summed E-state index contributed by atoms with van der Waals surface area (Å²) in [7, 11) is 0. The molecule has 5 heteroatoms. The molecule has 2 aliphatic heterocycles. The van der Waals surface area contributed by atoms with Crippen LogP contribution in [0.3, 0.4) is 0 Å². The molecule has 2 saturated heterocycles. The average molecular weight is 280 g/mol. The van der Waals surface area contributed by atoms with Crippen molar-refractivity contribution in [3.05, 3.63) is 22.4 Å². The molecular weight excluding hydrogens is 260 g/mol. The van der Waals surface area contributed by atoms with Crippen LogP contribution in [0.4, 0.5) is 0 Å². The molecule has 0 spiro atoms. The Labute approximate surface area is 117 Å². The Morgan fingerprint density at radius 1 is 1.47 bits per heavy atom. The molecule has 2 fully saturated rings. The minimum atomic E-state index is -0.711. The van der Waals surface area contributed by atoms with E-state index in [-0.39, 0.29) is 11.9 Å². The number of likely N-dealkylation sites (tertiary alicyclic amines) is 1. The fraction of sp³-hybridized carbons (Fsp3) is 0.643. The maximum atomic E-state index is 12.8. The molecule has 3 rings (SSSR count). The lowest BCUT2D eigenvalue weighted by molar-refractivity contribution is -0.141. The molecule has 0 aromatic carbocycles. The Hall–Kier alpha value is -0.910. The van der Waals surface area contributed by atoms with Gasteiger partial charge >= 0.3 is 0 Å². The van der Waals surface area contributed by atoms with Crippen LogP contribution in [0.25, 0.3) is 0 Å². The van der Waals surface area contributed by atoms with Crippen molar-refractivity contribution in [1.29, 1.82) is 0 Å². The molecule has 2 aliphatic rings. The molecular formula is C14H20N2O2S. The largest absolute Gasteiger partial charge is 0.381 e. The first-order valence-electron chi connectivity index (χ1n) is 6.90. The van der Waals surface area contributed by atoms with Gasteiger partial charge in [0.05, 0.1) is 11.6 Å². The van der Waals surface area contributed by atoms with Gasteiger partial charge in [0.1, 0.15) is 0 Å². The van der Waals surface area contributed by atoms with Crippen LogP contribution in [0.15, 0.2) is 16.8 Å². The van der Waals surface area contributed by atoms with Gasteiger partial charge in [0.15, 0.2) is 0 Å². The molecule has 1 amide bonds. The SMILES string of the molecule is NC1(C(=O)N2CCCC2c2ccsc2)CCOCC1. The van der Waals surface area contributed by atoms with E-state index >= 15 is 0 Å². The summed E-state index contributed by atoms with van der Waals surface area (Å²) in [5, 5.41) is 4.21. The number of carbonyl (C=O) groups is 1. The molecule has 0 aliphatic carbocycles. The van der Waals surface area contributed by atoms with Crippen molar-refractivity contribution in [1.82, 2.24) is 4.90 Å². The van der Waals surface area contributed by atoms with Gasteiger partial charge in [-0.05, 0) is 48.1 Å². The topological polar surface area (TPSA) is 55.6 Å². The van der Waals surface area contributed by atoms with Gasteiger partial charge in [-0.1, -0.05) is 0 Å². The summed E-state index contributed by atoms with van der Waals surface area (Å²) in [5.74, 6) is 0.115. The molecule has 0 bridgehead atoms. The van der Waals surface area contributed by atoms with Crippen molar-refractivity contribution >= 4 is 17.2 Å². The van der Waals surface area contributed by atoms with Crippen LogP contribution in [-0.4, -0.2) is 36.1 Å². The lowest BCUT2D eigenvalue weighted by Crippen LogP contribution is -2.57. The van der Waals surface area contributed by atoms with Gasteiger partial charge in [-0.3, -0.25) is 4.79 Å². The minimum Gasteiger partial charge on any atom is -0.381 e. The monoisotopic (exact) mass is 280 g/mol. The predicted molar refractivity (Wildman–Crippen MR) is 75.0 cm³/mol. The molecule has 104 valence electrons. The number of amides is 1. The zero-order valence-corrected chi connectivity index (χ0v) is 11.8. The van der Waals surface area contributed by atoms with Gasteiger partial charge in [-0.25, -0.2) is 0 Å². The second-order valence-corrected chi connectivity index (χ2v) is 6.26. The van der Waals surface area contributed by atoms with Crippen LogP contribution in [0.2, 0.25) is 0 Å². The molecule has 3 heterocycles. The third kappa shape index (κ3) is 2.42. The van der Waals surface area contributed by atoms with E-state index in [4.69, 9.17) is 10.5 Å². The Morgan fingerprint density at radius 2 is 2.26 bits per heavy atom. The lowest BCUT2D eigenvalue weighted by atomic mass is 9.89. The van der Waals surface area contributed by atoms with Crippen molar-refractivity contribution < 1.29 is 9.53 Å². The van der Waals surface area contributed by atoms with E-state index in [0.717, 1.165) is 19.4 Å². The Balaban J connectivity index is 1.78. The van der Waals surface area contributed by atoms with Crippen LogP contribution >= 0.6 is 11.3 Å². The number of thiophene rings is 1. The summed E-state index contributed by atoms with van der Waals surface area (Å²) in [6.45, 7) is 2.03. The quantitative estimate of drug-likeness (QED) is 0.900. The third-order valence-electron chi connectivity index (χ3n) is 4.25. The number of ether oxygens (including phenoxy) is 1. The third-order valence-corrected chi connectivity index (χ3v) is 4.95. The Kier molecular flexibility index (Phi) is 3.60. The normalized spacial score (nSPS) is 26.6. The summed E-state index contributed by atoms with van der Waals surface area (Å²) in [6.07, 6.45) is 3.39. The highest BCUT2D eigenvalue weighted by Crippen LogP contribution is 2.35. The zero-order valence-electron chi connectivity index (χ0n) is 11.0. The fourth-order valence-electron chi connectivity index (χ4n) is 3.06. The average Bonchev–Trinajstić information content (AvgIpc) is 3.09. The molecule has 1 aromatic heterocycles. The number of hydrogen-bond donors (Lipinski definition) is 1. The Morgan fingerprint density at radius 3 is 2.95 bits per heavy atom. The van der Waals surface area contributed by atoms with Gasteiger partial charge in [-0.2, -0.15) is 11.3 Å². The number of rotatable bonds is 2. The summed E-state index contributed by atoms with van der Waals surface area (Å²) < 4.78 is 5.33. The van der Waals surface area contributed by atoms with Crippen molar-refractivity contribution in [3.8, 4) is 0 Å². The molecule has 1 atom stereocenters. The molecule has 1 unspecified atom stereocenters. The van der Waals surface area contributed by atoms with E-state index < -0.39 is 5.54 Å². The van der Waals surface area contributed by atoms with Crippen molar-refractivity contribution in [2.75, 3.05) is 19.8 Å². The molecule has 1 aromatic rings. The van der Waals surface area contributed by atoms with E-state index in [2.05, 4.69) is 16.8 Å². The molecule has 0 radical (unpaired) electrons. The van der Waals surface area contributed by atoms with Gasteiger partial charge in [0, 0.05) is 19.8 Å². The van der Waals surface area contributed by atoms with E-state index in [1.165, 1.54) is 5.56 Å². The highest BCUT2D eigenvalue weighted by Gasteiger charge is 2.42. The summed E-state index contributed by atoms with van der Waals surface area (Å²) in [4.78, 5) is 14.8. The number of hydrogen-bond acceptors (Lipinski definition) is 4. The fourth-order valence-corrected chi connectivity index (χ4v) is 3.76. The first-order valence-corrected chi connectivity index (χ1v) is 7.85. The second kappa shape index (κ2) is 5.23. The van der Waals surface area contributed by atoms with E-state index in [9.17, 15) is 4.79 Å². The van der Waals surface area contributed by atoms with Crippen LogP contribution in [0, 0.1) is 0 Å². The Bertz CT molecular complexity index is 440. The smallest absolute Gasteiger partial charge is 0.243 e. The van der Waals surface area contributed by atoms with E-state index in [1.54, 1.807) is 11.3 Å². The summed E-state index contributed by atoms with van der Waals surface area (Å²) in [6, 6.07) is 2.34. The molecule has 19 heavy (non-hydrogen) atoms. The first-order chi connectivity index (χ1) is 9.21. The van der Waals surface area contributed by atoms with Crippen molar-refractivity contribution in [2.45, 2.75) is 37.3 Å². The number of nitrogens with zero attached hydrogens (tertiary/aromatic N) is 1. The van der Waals surface area contributed by atoms with Crippen LogP contribution in [0.5, 0.6) is 0 Å². The van der Waals surface area contributed by atoms with Crippen LogP contribution < -0.4 is 5.73 Å². The maximum Gasteiger partial charge on any atom is 0.243 e. The van der Waals surface area contributed by atoms with Gasteiger partial charge in [-0.15, -0.1) is 0 Å². The van der Waals surface area contributed by atoms with Gasteiger partial charge < -0.3 is 15.4 Å². The van der Waals surface area contributed by atoms with Gasteiger partial charge in [0.2, 0.25) is 5.91 Å². The molecule has 0 saturated carbocycles. The standard InChI is InChI=1S/C14H20N2O2S/c15-14(4-7-18-8-5-14)13(17)16-6-1-2-12(16)11-3-9-19-10-11/h3,9-10,12H,1-2,4-8,15H2. The van der Waals surface area contributed by atoms with E-state index in [0.29, 0.717) is 26.1 Å². The van der Waals surface area contributed by atoms with Gasteiger partial charge in [0.25, 0.3) is 0 Å². The van der Waals surface area contributed by atoms with E-state index in [1.807, 2.05) is 4.90 Å². The zero-order chi connectivity index (χ0) is 13.3. The highest BCUT2D eigenvalue weighted by atomic mass is 32.1. The molecule has 2 N–H and O–H groups in total. The maximum absolute atomic E-state index is 12.8.